The van der Waals surface area contributed by atoms with Crippen LogP contribution >= 0.6 is 35.0 Å². The summed E-state index contributed by atoms with van der Waals surface area (Å²) in [7, 11) is 0. The van der Waals surface area contributed by atoms with E-state index in [9.17, 15) is 0 Å². The van der Waals surface area contributed by atoms with E-state index in [0.29, 0.717) is 5.02 Å². The van der Waals surface area contributed by atoms with Crippen LogP contribution in [0.1, 0.15) is 24.5 Å². The molecule has 0 heterocycles. The van der Waals surface area contributed by atoms with Crippen molar-refractivity contribution in [2.24, 2.45) is 5.73 Å². The first kappa shape index (κ1) is 16.7. The summed E-state index contributed by atoms with van der Waals surface area (Å²) in [5.74, 6) is 0. The molecule has 4 heteroatoms. The maximum Gasteiger partial charge on any atom is 0.0546 e. The highest BCUT2D eigenvalue weighted by Gasteiger charge is 2.08. The van der Waals surface area contributed by atoms with Crippen LogP contribution in [-0.4, -0.2) is 6.04 Å². The van der Waals surface area contributed by atoms with Crippen molar-refractivity contribution in [1.29, 1.82) is 0 Å². The normalized spacial score (nSPS) is 12.4. The fourth-order valence-corrected chi connectivity index (χ4v) is 3.49. The molecule has 0 aromatic heterocycles. The van der Waals surface area contributed by atoms with Crippen molar-refractivity contribution in [1.82, 2.24) is 0 Å². The van der Waals surface area contributed by atoms with Gasteiger partial charge < -0.3 is 5.73 Å². The van der Waals surface area contributed by atoms with Gasteiger partial charge in [0.1, 0.15) is 0 Å². The largest absolute Gasteiger partial charge is 0.327 e. The Morgan fingerprint density at radius 2 is 1.86 bits per heavy atom. The molecule has 0 aliphatic heterocycles. The Kier molecular flexibility index (Phi) is 6.00. The van der Waals surface area contributed by atoms with Crippen molar-refractivity contribution in [3.05, 3.63) is 57.6 Å². The average Bonchev–Trinajstić information content (AvgIpc) is 2.45. The van der Waals surface area contributed by atoms with Crippen LogP contribution in [0.25, 0.3) is 0 Å². The van der Waals surface area contributed by atoms with Gasteiger partial charge in [0.15, 0.2) is 0 Å². The number of hydrogen-bond donors (Lipinski definition) is 1. The van der Waals surface area contributed by atoms with E-state index in [1.54, 1.807) is 17.8 Å². The van der Waals surface area contributed by atoms with Crippen molar-refractivity contribution < 1.29 is 0 Å². The molecular formula is C17H19Cl2NS. The topological polar surface area (TPSA) is 26.0 Å². The van der Waals surface area contributed by atoms with Crippen molar-refractivity contribution in [3.8, 4) is 0 Å². The van der Waals surface area contributed by atoms with Crippen molar-refractivity contribution in [2.45, 2.75) is 42.5 Å². The zero-order valence-corrected chi connectivity index (χ0v) is 14.5. The molecule has 1 unspecified atom stereocenters. The lowest BCUT2D eigenvalue weighted by molar-refractivity contribution is 0.646. The first-order valence-corrected chi connectivity index (χ1v) is 8.55. The monoisotopic (exact) mass is 339 g/mol. The molecule has 0 radical (unpaired) electrons. The van der Waals surface area contributed by atoms with Crippen LogP contribution in [0, 0.1) is 6.92 Å². The molecular weight excluding hydrogens is 321 g/mol. The van der Waals surface area contributed by atoms with E-state index in [0.717, 1.165) is 22.8 Å². The number of halogens is 2. The lowest BCUT2D eigenvalue weighted by Crippen LogP contribution is -2.21. The maximum absolute atomic E-state index is 6.22. The third-order valence-electron chi connectivity index (χ3n) is 3.37. The minimum absolute atomic E-state index is 0.227. The van der Waals surface area contributed by atoms with Crippen LogP contribution in [0.4, 0.5) is 0 Å². The highest BCUT2D eigenvalue weighted by Crippen LogP contribution is 2.36. The number of hydrogen-bond acceptors (Lipinski definition) is 2. The Morgan fingerprint density at radius 3 is 2.52 bits per heavy atom. The van der Waals surface area contributed by atoms with Crippen molar-refractivity contribution in [3.63, 3.8) is 0 Å². The van der Waals surface area contributed by atoms with E-state index in [1.165, 1.54) is 16.0 Å². The lowest BCUT2D eigenvalue weighted by atomic mass is 10.0. The molecule has 0 saturated heterocycles. The van der Waals surface area contributed by atoms with E-state index in [-0.39, 0.29) is 6.04 Å². The van der Waals surface area contributed by atoms with Crippen LogP contribution < -0.4 is 5.73 Å². The summed E-state index contributed by atoms with van der Waals surface area (Å²) in [5.41, 5.74) is 8.53. The van der Waals surface area contributed by atoms with Gasteiger partial charge in [-0.25, -0.2) is 0 Å². The van der Waals surface area contributed by atoms with E-state index in [1.807, 2.05) is 12.1 Å². The summed E-state index contributed by atoms with van der Waals surface area (Å²) in [5, 5.41) is 1.42. The molecule has 2 aromatic rings. The van der Waals surface area contributed by atoms with Gasteiger partial charge in [-0.05, 0) is 55.2 Å². The van der Waals surface area contributed by atoms with Gasteiger partial charge in [-0.2, -0.15) is 0 Å². The number of rotatable bonds is 5. The third-order valence-corrected chi connectivity index (χ3v) is 5.29. The molecule has 1 nitrogen and oxygen atoms in total. The highest BCUT2D eigenvalue weighted by atomic mass is 35.5. The van der Waals surface area contributed by atoms with E-state index in [2.05, 4.69) is 32.0 Å². The summed E-state index contributed by atoms with van der Waals surface area (Å²) in [6.07, 6.45) is 1.91. The quantitative estimate of drug-likeness (QED) is 0.752. The molecule has 0 aliphatic rings. The second-order valence-electron chi connectivity index (χ2n) is 5.15. The number of nitrogens with two attached hydrogens (primary N) is 1. The summed E-state index contributed by atoms with van der Waals surface area (Å²) in [6, 6.07) is 12.2. The highest BCUT2D eigenvalue weighted by molar-refractivity contribution is 7.99. The molecule has 0 spiro atoms. The molecule has 0 fully saturated rings. The molecule has 0 amide bonds. The van der Waals surface area contributed by atoms with Crippen LogP contribution in [0.2, 0.25) is 10.0 Å². The Morgan fingerprint density at radius 1 is 1.10 bits per heavy atom. The average molecular weight is 340 g/mol. The molecule has 2 rings (SSSR count). The van der Waals surface area contributed by atoms with Crippen LogP contribution in [-0.2, 0) is 6.42 Å². The zero-order chi connectivity index (χ0) is 15.4. The molecule has 2 N–H and O–H groups in total. The third kappa shape index (κ3) is 4.65. The standard InChI is InChI=1S/C17H19Cl2NS/c1-3-14(20)9-12-4-7-16(11(2)8-12)21-17-10-13(18)5-6-15(17)19/h4-8,10,14H,3,9,20H2,1-2H3. The van der Waals surface area contributed by atoms with E-state index in [4.69, 9.17) is 28.9 Å². The lowest BCUT2D eigenvalue weighted by Gasteiger charge is -2.12. The molecule has 2 aromatic carbocycles. The SMILES string of the molecule is CCC(N)Cc1ccc(Sc2cc(Cl)ccc2Cl)c(C)c1. The minimum atomic E-state index is 0.227. The molecule has 0 aliphatic carbocycles. The fourth-order valence-electron chi connectivity index (χ4n) is 2.07. The van der Waals surface area contributed by atoms with Gasteiger partial charge >= 0.3 is 0 Å². The number of aryl methyl sites for hydroxylation is 1. The van der Waals surface area contributed by atoms with Crippen molar-refractivity contribution in [2.75, 3.05) is 0 Å². The second kappa shape index (κ2) is 7.55. The van der Waals surface area contributed by atoms with Crippen LogP contribution in [0.15, 0.2) is 46.2 Å². The van der Waals surface area contributed by atoms with Crippen LogP contribution in [0.3, 0.4) is 0 Å². The molecule has 1 atom stereocenters. The van der Waals surface area contributed by atoms with Gasteiger partial charge in [0, 0.05) is 20.9 Å². The smallest absolute Gasteiger partial charge is 0.0546 e. The summed E-state index contributed by atoms with van der Waals surface area (Å²) < 4.78 is 0. The molecule has 21 heavy (non-hydrogen) atoms. The van der Waals surface area contributed by atoms with Crippen LogP contribution in [0.5, 0.6) is 0 Å². The van der Waals surface area contributed by atoms with E-state index < -0.39 is 0 Å². The fraction of sp³-hybridized carbons (Fsp3) is 0.294. The predicted molar refractivity (Wildman–Crippen MR) is 93.7 cm³/mol. The Hall–Kier alpha value is -0.670. The predicted octanol–water partition coefficient (Wildman–Crippen LogP) is 5.73. The molecule has 112 valence electrons. The minimum Gasteiger partial charge on any atom is -0.327 e. The summed E-state index contributed by atoms with van der Waals surface area (Å²) >= 11 is 13.9. The van der Waals surface area contributed by atoms with Gasteiger partial charge in [-0.1, -0.05) is 54.0 Å². The second-order valence-corrected chi connectivity index (χ2v) is 7.08. The van der Waals surface area contributed by atoms with Crippen molar-refractivity contribution >= 4 is 35.0 Å². The Labute approximate surface area is 140 Å². The maximum atomic E-state index is 6.22. The first-order valence-electron chi connectivity index (χ1n) is 6.97. The molecule has 0 saturated carbocycles. The van der Waals surface area contributed by atoms with Gasteiger partial charge in [0.2, 0.25) is 0 Å². The van der Waals surface area contributed by atoms with Gasteiger partial charge in [-0.15, -0.1) is 0 Å². The number of benzene rings is 2. The van der Waals surface area contributed by atoms with Gasteiger partial charge in [0.25, 0.3) is 0 Å². The summed E-state index contributed by atoms with van der Waals surface area (Å²) in [6.45, 7) is 4.23. The van der Waals surface area contributed by atoms with E-state index >= 15 is 0 Å². The van der Waals surface area contributed by atoms with Gasteiger partial charge in [-0.3, -0.25) is 0 Å². The first-order chi connectivity index (χ1) is 9.99. The summed E-state index contributed by atoms with van der Waals surface area (Å²) in [4.78, 5) is 2.17. The van der Waals surface area contributed by atoms with Gasteiger partial charge in [0.05, 0.1) is 5.02 Å². The molecule has 0 bridgehead atoms. The Balaban J connectivity index is 2.19. The Bertz CT molecular complexity index is 628. The zero-order valence-electron chi connectivity index (χ0n) is 12.2.